The summed E-state index contributed by atoms with van der Waals surface area (Å²) in [6.07, 6.45) is -4.49. The Hall–Kier alpha value is -1.96. The topological polar surface area (TPSA) is 64.6 Å². The summed E-state index contributed by atoms with van der Waals surface area (Å²) in [6, 6.07) is 2.22. The van der Waals surface area contributed by atoms with Gasteiger partial charge < -0.3 is 20.6 Å². The molecule has 0 aliphatic heterocycles. The van der Waals surface area contributed by atoms with Crippen molar-refractivity contribution in [1.82, 2.24) is 5.32 Å². The molecule has 1 aromatic carbocycles. The number of hydrogen-bond acceptors (Lipinski definition) is 3. The Morgan fingerprint density at radius 1 is 1.30 bits per heavy atom. The van der Waals surface area contributed by atoms with Gasteiger partial charge in [-0.2, -0.15) is 13.2 Å². The number of benzene rings is 1. The summed E-state index contributed by atoms with van der Waals surface area (Å²) in [5, 5.41) is 14.1. The Labute approximate surface area is 133 Å². The van der Waals surface area contributed by atoms with Gasteiger partial charge in [0, 0.05) is 26.7 Å². The second kappa shape index (κ2) is 7.54. The maximum absolute atomic E-state index is 12.8. The van der Waals surface area contributed by atoms with E-state index in [1.165, 1.54) is 6.07 Å². The number of aliphatic hydroxyl groups is 1. The molecule has 2 unspecified atom stereocenters. The normalized spacial score (nSPS) is 14.1. The zero-order valence-electron chi connectivity index (χ0n) is 13.5. The predicted molar refractivity (Wildman–Crippen MR) is 83.6 cm³/mol. The van der Waals surface area contributed by atoms with E-state index in [4.69, 9.17) is 5.11 Å². The molecule has 0 fully saturated rings. The van der Waals surface area contributed by atoms with Gasteiger partial charge in [0.2, 0.25) is 0 Å². The molecule has 0 bridgehead atoms. The van der Waals surface area contributed by atoms with Gasteiger partial charge >= 0.3 is 12.2 Å². The molecule has 2 amide bonds. The van der Waals surface area contributed by atoms with Crippen molar-refractivity contribution < 1.29 is 23.1 Å². The number of carbonyl (C=O) groups is 1. The molecule has 0 saturated heterocycles. The molecule has 0 heterocycles. The lowest BCUT2D eigenvalue weighted by Crippen LogP contribution is -2.41. The van der Waals surface area contributed by atoms with Crippen LogP contribution in [0.15, 0.2) is 18.2 Å². The molecule has 1 aromatic rings. The van der Waals surface area contributed by atoms with Crippen LogP contribution < -0.4 is 15.5 Å². The molecule has 2 atom stereocenters. The third-order valence-corrected chi connectivity index (χ3v) is 3.55. The summed E-state index contributed by atoms with van der Waals surface area (Å²) in [6.45, 7) is 3.36. The second-order valence-electron chi connectivity index (χ2n) is 5.67. The third-order valence-electron chi connectivity index (χ3n) is 3.55. The minimum atomic E-state index is -4.49. The Morgan fingerprint density at radius 3 is 2.39 bits per heavy atom. The lowest BCUT2D eigenvalue weighted by molar-refractivity contribution is -0.137. The van der Waals surface area contributed by atoms with Crippen LogP contribution in [-0.2, 0) is 6.18 Å². The predicted octanol–water partition coefficient (Wildman–Crippen LogP) is 2.91. The van der Waals surface area contributed by atoms with E-state index in [2.05, 4.69) is 10.6 Å². The highest BCUT2D eigenvalue weighted by atomic mass is 19.4. The minimum Gasteiger partial charge on any atom is -0.396 e. The number of urea groups is 1. The molecule has 8 heteroatoms. The first kappa shape index (κ1) is 19.1. The van der Waals surface area contributed by atoms with Crippen LogP contribution in [0.3, 0.4) is 0 Å². The van der Waals surface area contributed by atoms with Crippen molar-refractivity contribution in [2.24, 2.45) is 5.92 Å². The quantitative estimate of drug-likeness (QED) is 0.776. The highest BCUT2D eigenvalue weighted by Gasteiger charge is 2.31. The number of hydrogen-bond donors (Lipinski definition) is 3. The van der Waals surface area contributed by atoms with Crippen molar-refractivity contribution >= 4 is 17.4 Å². The summed E-state index contributed by atoms with van der Waals surface area (Å²) in [4.78, 5) is 13.6. The molecule has 0 radical (unpaired) electrons. The number of amides is 2. The first-order chi connectivity index (χ1) is 10.6. The third kappa shape index (κ3) is 5.31. The van der Waals surface area contributed by atoms with Crippen LogP contribution in [0.1, 0.15) is 19.4 Å². The van der Waals surface area contributed by atoms with Gasteiger partial charge in [-0.1, -0.05) is 6.92 Å². The van der Waals surface area contributed by atoms with Gasteiger partial charge in [-0.3, -0.25) is 0 Å². The zero-order valence-corrected chi connectivity index (χ0v) is 13.5. The molecule has 0 aromatic heterocycles. The molecule has 5 nitrogen and oxygen atoms in total. The number of alkyl halides is 3. The van der Waals surface area contributed by atoms with E-state index in [0.717, 1.165) is 12.1 Å². The maximum atomic E-state index is 12.8. The molecule has 0 spiro atoms. The molecule has 1 rings (SSSR count). The number of anilines is 2. The van der Waals surface area contributed by atoms with E-state index in [0.29, 0.717) is 5.69 Å². The van der Waals surface area contributed by atoms with Gasteiger partial charge in [-0.25, -0.2) is 4.79 Å². The number of rotatable bonds is 5. The second-order valence-corrected chi connectivity index (χ2v) is 5.67. The number of carbonyl (C=O) groups excluding carboxylic acids is 1. The standard InChI is InChI=1S/C15H22F3N3O2/c1-9(8-22)10(2)19-14(23)20-12-7-11(15(16,17)18)5-6-13(12)21(3)4/h5-7,9-10,22H,8H2,1-4H3,(H2,19,20,23). The molecule has 0 aliphatic carbocycles. The van der Waals surface area contributed by atoms with E-state index in [-0.39, 0.29) is 24.3 Å². The molecular weight excluding hydrogens is 311 g/mol. The minimum absolute atomic E-state index is 0.0613. The Bertz CT molecular complexity index is 547. The van der Waals surface area contributed by atoms with Crippen molar-refractivity contribution in [3.05, 3.63) is 23.8 Å². The average molecular weight is 333 g/mol. The molecule has 0 saturated carbocycles. The van der Waals surface area contributed by atoms with Gasteiger partial charge in [0.25, 0.3) is 0 Å². The van der Waals surface area contributed by atoms with Crippen LogP contribution in [0.4, 0.5) is 29.3 Å². The van der Waals surface area contributed by atoms with Crippen molar-refractivity contribution in [3.8, 4) is 0 Å². The van der Waals surface area contributed by atoms with E-state index in [1.54, 1.807) is 32.8 Å². The first-order valence-corrected chi connectivity index (χ1v) is 7.13. The Kier molecular flexibility index (Phi) is 6.26. The number of halogens is 3. The molecule has 0 aliphatic rings. The van der Waals surface area contributed by atoms with Crippen molar-refractivity contribution in [3.63, 3.8) is 0 Å². The summed E-state index contributed by atoms with van der Waals surface area (Å²) < 4.78 is 38.5. The van der Waals surface area contributed by atoms with Crippen LogP contribution in [0, 0.1) is 5.92 Å². The van der Waals surface area contributed by atoms with Crippen LogP contribution in [-0.4, -0.2) is 37.9 Å². The van der Waals surface area contributed by atoms with Gasteiger partial charge in [0.15, 0.2) is 0 Å². The van der Waals surface area contributed by atoms with Crippen molar-refractivity contribution in [2.75, 3.05) is 30.9 Å². The van der Waals surface area contributed by atoms with Gasteiger partial charge in [-0.05, 0) is 31.0 Å². The van der Waals surface area contributed by atoms with Crippen LogP contribution in [0.25, 0.3) is 0 Å². The highest BCUT2D eigenvalue weighted by Crippen LogP contribution is 2.34. The van der Waals surface area contributed by atoms with Crippen LogP contribution in [0.2, 0.25) is 0 Å². The summed E-state index contributed by atoms with van der Waals surface area (Å²) >= 11 is 0. The van der Waals surface area contributed by atoms with Crippen molar-refractivity contribution in [1.29, 1.82) is 0 Å². The molecule has 130 valence electrons. The largest absolute Gasteiger partial charge is 0.416 e. The Morgan fingerprint density at radius 2 is 1.91 bits per heavy atom. The van der Waals surface area contributed by atoms with E-state index in [1.807, 2.05) is 0 Å². The highest BCUT2D eigenvalue weighted by molar-refractivity contribution is 5.93. The van der Waals surface area contributed by atoms with Crippen LogP contribution >= 0.6 is 0 Å². The number of nitrogens with one attached hydrogen (secondary N) is 2. The smallest absolute Gasteiger partial charge is 0.396 e. The van der Waals surface area contributed by atoms with E-state index >= 15 is 0 Å². The fourth-order valence-electron chi connectivity index (χ4n) is 1.87. The van der Waals surface area contributed by atoms with E-state index in [9.17, 15) is 18.0 Å². The zero-order chi connectivity index (χ0) is 17.8. The van der Waals surface area contributed by atoms with Gasteiger partial charge in [0.05, 0.1) is 16.9 Å². The van der Waals surface area contributed by atoms with Gasteiger partial charge in [0.1, 0.15) is 0 Å². The molecule has 23 heavy (non-hydrogen) atoms. The number of nitrogens with zero attached hydrogens (tertiary/aromatic N) is 1. The lowest BCUT2D eigenvalue weighted by Gasteiger charge is -2.22. The average Bonchev–Trinajstić information content (AvgIpc) is 2.44. The fraction of sp³-hybridized carbons (Fsp3) is 0.533. The molecular formula is C15H22F3N3O2. The fourth-order valence-corrected chi connectivity index (χ4v) is 1.87. The summed E-state index contributed by atoms with van der Waals surface area (Å²) in [5.74, 6) is -0.171. The molecule has 3 N–H and O–H groups in total. The summed E-state index contributed by atoms with van der Waals surface area (Å²) in [7, 11) is 3.34. The van der Waals surface area contributed by atoms with Crippen molar-refractivity contribution in [2.45, 2.75) is 26.1 Å². The number of aliphatic hydroxyl groups excluding tert-OH is 1. The first-order valence-electron chi connectivity index (χ1n) is 7.13. The SMILES string of the molecule is CC(CO)C(C)NC(=O)Nc1cc(C(F)(F)F)ccc1N(C)C. The lowest BCUT2D eigenvalue weighted by atomic mass is 10.1. The monoisotopic (exact) mass is 333 g/mol. The van der Waals surface area contributed by atoms with E-state index < -0.39 is 17.8 Å². The van der Waals surface area contributed by atoms with Crippen LogP contribution in [0.5, 0.6) is 0 Å². The summed E-state index contributed by atoms with van der Waals surface area (Å²) in [5.41, 5.74) is -0.322. The Balaban J connectivity index is 2.98. The van der Waals surface area contributed by atoms with Gasteiger partial charge in [-0.15, -0.1) is 0 Å². The maximum Gasteiger partial charge on any atom is 0.416 e.